The van der Waals surface area contributed by atoms with Crippen molar-refractivity contribution in [3.05, 3.63) is 29.3 Å². The minimum atomic E-state index is -0.284. The SMILES string of the molecule is Cc1ccc2c(c1)[C@H]1C(=O)N(C)C(=O)[C@H]1CN2C. The Morgan fingerprint density at radius 3 is 2.61 bits per heavy atom. The van der Waals surface area contributed by atoms with Crippen molar-refractivity contribution in [2.24, 2.45) is 5.92 Å². The Morgan fingerprint density at radius 2 is 1.89 bits per heavy atom. The van der Waals surface area contributed by atoms with Gasteiger partial charge in [-0.2, -0.15) is 0 Å². The molecule has 2 atom stereocenters. The lowest BCUT2D eigenvalue weighted by Crippen LogP contribution is -2.37. The van der Waals surface area contributed by atoms with Gasteiger partial charge in [0, 0.05) is 26.3 Å². The zero-order valence-electron chi connectivity index (χ0n) is 10.8. The van der Waals surface area contributed by atoms with Gasteiger partial charge in [-0.05, 0) is 18.6 Å². The molecule has 4 nitrogen and oxygen atoms in total. The first-order chi connectivity index (χ1) is 8.50. The van der Waals surface area contributed by atoms with Crippen LogP contribution in [0, 0.1) is 12.8 Å². The zero-order valence-corrected chi connectivity index (χ0v) is 10.8. The van der Waals surface area contributed by atoms with E-state index in [4.69, 9.17) is 0 Å². The highest BCUT2D eigenvalue weighted by atomic mass is 16.2. The molecule has 0 aromatic heterocycles. The molecule has 1 fully saturated rings. The number of fused-ring (bicyclic) bond motifs is 3. The number of likely N-dealkylation sites (tertiary alicyclic amines) is 1. The van der Waals surface area contributed by atoms with E-state index in [1.54, 1.807) is 7.05 Å². The molecular weight excluding hydrogens is 228 g/mol. The molecule has 0 spiro atoms. The standard InChI is InChI=1S/C14H16N2O2/c1-8-4-5-11-9(6-8)12-10(7-15(11)2)13(17)16(3)14(12)18/h4-6,10,12H,7H2,1-3H3/t10-,12+/m0/s1. The number of carbonyl (C=O) groups excluding carboxylic acids is 2. The molecule has 1 aromatic rings. The van der Waals surface area contributed by atoms with E-state index in [2.05, 4.69) is 4.90 Å². The van der Waals surface area contributed by atoms with Crippen molar-refractivity contribution in [1.29, 1.82) is 0 Å². The summed E-state index contributed by atoms with van der Waals surface area (Å²) in [6.07, 6.45) is 0. The predicted octanol–water partition coefficient (Wildman–Crippen LogP) is 1.14. The second-order valence-electron chi connectivity index (χ2n) is 5.26. The maximum atomic E-state index is 12.2. The van der Waals surface area contributed by atoms with Crippen molar-refractivity contribution >= 4 is 17.5 Å². The van der Waals surface area contributed by atoms with Gasteiger partial charge >= 0.3 is 0 Å². The van der Waals surface area contributed by atoms with E-state index >= 15 is 0 Å². The molecule has 0 unspecified atom stereocenters. The number of rotatable bonds is 0. The van der Waals surface area contributed by atoms with E-state index in [0.29, 0.717) is 6.54 Å². The number of carbonyl (C=O) groups is 2. The van der Waals surface area contributed by atoms with E-state index in [1.807, 2.05) is 32.2 Å². The number of aryl methyl sites for hydroxylation is 1. The number of hydrogen-bond acceptors (Lipinski definition) is 3. The summed E-state index contributed by atoms with van der Waals surface area (Å²) in [5, 5.41) is 0. The van der Waals surface area contributed by atoms with E-state index < -0.39 is 0 Å². The molecule has 94 valence electrons. The summed E-state index contributed by atoms with van der Waals surface area (Å²) in [7, 11) is 3.55. The highest BCUT2D eigenvalue weighted by molar-refractivity contribution is 6.09. The first-order valence-corrected chi connectivity index (χ1v) is 6.14. The number of benzene rings is 1. The van der Waals surface area contributed by atoms with E-state index in [1.165, 1.54) is 4.90 Å². The summed E-state index contributed by atoms with van der Waals surface area (Å²) < 4.78 is 0. The van der Waals surface area contributed by atoms with Crippen molar-refractivity contribution < 1.29 is 9.59 Å². The fourth-order valence-corrected chi connectivity index (χ4v) is 3.08. The lowest BCUT2D eigenvalue weighted by atomic mass is 9.82. The molecule has 0 aliphatic carbocycles. The van der Waals surface area contributed by atoms with Crippen LogP contribution in [0.25, 0.3) is 0 Å². The largest absolute Gasteiger partial charge is 0.374 e. The van der Waals surface area contributed by atoms with E-state index in [0.717, 1.165) is 16.8 Å². The third-order valence-corrected chi connectivity index (χ3v) is 4.05. The number of hydrogen-bond donors (Lipinski definition) is 0. The quantitative estimate of drug-likeness (QED) is 0.643. The van der Waals surface area contributed by atoms with Crippen LogP contribution in [0.2, 0.25) is 0 Å². The van der Waals surface area contributed by atoms with Crippen molar-refractivity contribution in [3.63, 3.8) is 0 Å². The first kappa shape index (κ1) is 11.3. The molecule has 2 aliphatic heterocycles. The van der Waals surface area contributed by atoms with Crippen LogP contribution in [-0.2, 0) is 9.59 Å². The van der Waals surface area contributed by atoms with Gasteiger partial charge in [-0.25, -0.2) is 0 Å². The van der Waals surface area contributed by atoms with Gasteiger partial charge in [-0.3, -0.25) is 14.5 Å². The summed E-state index contributed by atoms with van der Waals surface area (Å²) in [5.74, 6) is -0.621. The predicted molar refractivity (Wildman–Crippen MR) is 68.5 cm³/mol. The second-order valence-corrected chi connectivity index (χ2v) is 5.26. The zero-order chi connectivity index (χ0) is 13.0. The molecule has 0 radical (unpaired) electrons. The lowest BCUT2D eigenvalue weighted by Gasteiger charge is -2.33. The molecule has 0 bridgehead atoms. The highest BCUT2D eigenvalue weighted by Crippen LogP contribution is 2.43. The summed E-state index contributed by atoms with van der Waals surface area (Å²) >= 11 is 0. The first-order valence-electron chi connectivity index (χ1n) is 6.14. The molecule has 3 rings (SSSR count). The number of imide groups is 1. The molecule has 4 heteroatoms. The van der Waals surface area contributed by atoms with Gasteiger partial charge in [0.2, 0.25) is 11.8 Å². The Bertz CT molecular complexity index is 553. The Morgan fingerprint density at radius 1 is 1.17 bits per heavy atom. The number of amides is 2. The number of likely N-dealkylation sites (N-methyl/N-ethyl adjacent to an activating group) is 1. The highest BCUT2D eigenvalue weighted by Gasteiger charge is 2.50. The molecular formula is C14H16N2O2. The van der Waals surface area contributed by atoms with Crippen LogP contribution in [0.5, 0.6) is 0 Å². The monoisotopic (exact) mass is 244 g/mol. The van der Waals surface area contributed by atoms with Gasteiger partial charge in [0.1, 0.15) is 0 Å². The molecule has 18 heavy (non-hydrogen) atoms. The van der Waals surface area contributed by atoms with Crippen molar-refractivity contribution in [2.45, 2.75) is 12.8 Å². The normalized spacial score (nSPS) is 26.4. The maximum Gasteiger partial charge on any atom is 0.237 e. The van der Waals surface area contributed by atoms with E-state index in [-0.39, 0.29) is 23.7 Å². The van der Waals surface area contributed by atoms with Crippen molar-refractivity contribution in [2.75, 3.05) is 25.5 Å². The Hall–Kier alpha value is -1.84. The van der Waals surface area contributed by atoms with E-state index in [9.17, 15) is 9.59 Å². The molecule has 1 aromatic carbocycles. The third-order valence-electron chi connectivity index (χ3n) is 4.05. The summed E-state index contributed by atoms with van der Waals surface area (Å²) in [5.41, 5.74) is 3.19. The van der Waals surface area contributed by atoms with Gasteiger partial charge in [0.25, 0.3) is 0 Å². The fraction of sp³-hybridized carbons (Fsp3) is 0.429. The van der Waals surface area contributed by atoms with Crippen LogP contribution in [0.15, 0.2) is 18.2 Å². The molecule has 2 heterocycles. The van der Waals surface area contributed by atoms with Crippen LogP contribution in [-0.4, -0.2) is 37.4 Å². The molecule has 2 amide bonds. The van der Waals surface area contributed by atoms with Crippen LogP contribution >= 0.6 is 0 Å². The molecule has 2 aliphatic rings. The Kier molecular flexibility index (Phi) is 2.24. The maximum absolute atomic E-state index is 12.2. The van der Waals surface area contributed by atoms with Gasteiger partial charge < -0.3 is 4.90 Å². The van der Waals surface area contributed by atoms with Crippen molar-refractivity contribution in [1.82, 2.24) is 4.90 Å². The average Bonchev–Trinajstić information content (AvgIpc) is 2.54. The lowest BCUT2D eigenvalue weighted by molar-refractivity contribution is -0.137. The van der Waals surface area contributed by atoms with Crippen LogP contribution in [0.1, 0.15) is 17.0 Å². The summed E-state index contributed by atoms with van der Waals surface area (Å²) in [6.45, 7) is 2.63. The number of nitrogens with zero attached hydrogens (tertiary/aromatic N) is 2. The smallest absolute Gasteiger partial charge is 0.237 e. The summed E-state index contributed by atoms with van der Waals surface area (Å²) in [6, 6.07) is 6.12. The molecule has 0 N–H and O–H groups in total. The van der Waals surface area contributed by atoms with Crippen LogP contribution < -0.4 is 4.90 Å². The molecule has 1 saturated heterocycles. The Labute approximate surface area is 106 Å². The van der Waals surface area contributed by atoms with Crippen LogP contribution in [0.3, 0.4) is 0 Å². The summed E-state index contributed by atoms with van der Waals surface area (Å²) in [4.78, 5) is 27.6. The van der Waals surface area contributed by atoms with Crippen molar-refractivity contribution in [3.8, 4) is 0 Å². The molecule has 0 saturated carbocycles. The van der Waals surface area contributed by atoms with Gasteiger partial charge in [-0.1, -0.05) is 17.7 Å². The number of anilines is 1. The third kappa shape index (κ3) is 1.32. The average molecular weight is 244 g/mol. The van der Waals surface area contributed by atoms with Gasteiger partial charge in [-0.15, -0.1) is 0 Å². The topological polar surface area (TPSA) is 40.6 Å². The minimum absolute atomic E-state index is 0.0518. The van der Waals surface area contributed by atoms with Gasteiger partial charge in [0.05, 0.1) is 11.8 Å². The minimum Gasteiger partial charge on any atom is -0.374 e. The fourth-order valence-electron chi connectivity index (χ4n) is 3.08. The van der Waals surface area contributed by atoms with Gasteiger partial charge in [0.15, 0.2) is 0 Å². The second kappa shape index (κ2) is 3.57. The Balaban J connectivity index is 2.18. The van der Waals surface area contributed by atoms with Crippen LogP contribution in [0.4, 0.5) is 5.69 Å².